The van der Waals surface area contributed by atoms with Crippen molar-refractivity contribution in [3.05, 3.63) is 94.8 Å². The Morgan fingerprint density at radius 2 is 1.62 bits per heavy atom. The van der Waals surface area contributed by atoms with E-state index in [2.05, 4.69) is 21.9 Å². The average Bonchev–Trinajstić information content (AvgIpc) is 3.29. The molecule has 1 saturated heterocycles. The van der Waals surface area contributed by atoms with Gasteiger partial charge in [0.05, 0.1) is 24.7 Å². The van der Waals surface area contributed by atoms with Crippen LogP contribution < -0.4 is 15.4 Å². The molecule has 0 radical (unpaired) electrons. The van der Waals surface area contributed by atoms with E-state index in [1.807, 2.05) is 42.5 Å². The summed E-state index contributed by atoms with van der Waals surface area (Å²) in [6, 6.07) is 22.6. The van der Waals surface area contributed by atoms with E-state index in [9.17, 15) is 0 Å². The fourth-order valence-electron chi connectivity index (χ4n) is 5.02. The van der Waals surface area contributed by atoms with Crippen molar-refractivity contribution in [3.8, 4) is 17.0 Å². The van der Waals surface area contributed by atoms with Gasteiger partial charge in [-0.2, -0.15) is 4.98 Å². The smallest absolute Gasteiger partial charge is 0.228 e. The third kappa shape index (κ3) is 5.30. The molecule has 0 atom stereocenters. The van der Waals surface area contributed by atoms with Crippen molar-refractivity contribution in [3.63, 3.8) is 0 Å². The quantitative estimate of drug-likeness (QED) is 0.293. The second-order valence-corrected chi connectivity index (χ2v) is 10.3. The van der Waals surface area contributed by atoms with Crippen LogP contribution >= 0.6 is 11.6 Å². The van der Waals surface area contributed by atoms with Crippen LogP contribution in [0.5, 0.6) is 5.75 Å². The van der Waals surface area contributed by atoms with Crippen LogP contribution in [0.3, 0.4) is 0 Å². The van der Waals surface area contributed by atoms with Gasteiger partial charge in [0.2, 0.25) is 5.95 Å². The summed E-state index contributed by atoms with van der Waals surface area (Å²) in [6.45, 7) is 4.43. The number of rotatable bonds is 7. The fraction of sp³-hybridized carbons (Fsp3) is 0.233. The first-order valence-corrected chi connectivity index (χ1v) is 13.5. The molecule has 204 valence electrons. The van der Waals surface area contributed by atoms with E-state index < -0.39 is 5.82 Å². The van der Waals surface area contributed by atoms with E-state index in [0.29, 0.717) is 46.4 Å². The first-order valence-electron chi connectivity index (χ1n) is 13.1. The standard InChI is InChI=1S/C30H29ClFN7O/c1-40-23-11-12-24(25(32)17-23)27-26-28(33)39(19-20-5-3-2-4-6-20)36-29(26)35-30(34-27)38-15-13-37(14-16-38)18-21-7-9-22(31)10-8-21/h2-12,17H,13-16,18-19,33H2,1H3. The number of methoxy groups -OCH3 is 1. The van der Waals surface area contributed by atoms with Gasteiger partial charge in [-0.05, 0) is 35.4 Å². The van der Waals surface area contributed by atoms with Gasteiger partial charge in [-0.25, -0.2) is 14.1 Å². The minimum atomic E-state index is -0.451. The van der Waals surface area contributed by atoms with E-state index >= 15 is 4.39 Å². The molecule has 0 spiro atoms. The first-order chi connectivity index (χ1) is 19.5. The number of anilines is 2. The number of halogens is 2. The second-order valence-electron chi connectivity index (χ2n) is 9.83. The Hall–Kier alpha value is -4.21. The maximum Gasteiger partial charge on any atom is 0.228 e. The third-order valence-corrected chi connectivity index (χ3v) is 7.46. The molecule has 1 aliphatic rings. The van der Waals surface area contributed by atoms with E-state index in [0.717, 1.165) is 43.3 Å². The van der Waals surface area contributed by atoms with Gasteiger partial charge < -0.3 is 15.4 Å². The van der Waals surface area contributed by atoms with Crippen molar-refractivity contribution in [1.82, 2.24) is 24.6 Å². The lowest BCUT2D eigenvalue weighted by Gasteiger charge is -2.34. The maximum atomic E-state index is 15.4. The zero-order valence-corrected chi connectivity index (χ0v) is 22.9. The van der Waals surface area contributed by atoms with Crippen LogP contribution in [0.2, 0.25) is 5.02 Å². The highest BCUT2D eigenvalue weighted by Crippen LogP contribution is 2.35. The minimum Gasteiger partial charge on any atom is -0.497 e. The van der Waals surface area contributed by atoms with Crippen LogP contribution in [0.25, 0.3) is 22.3 Å². The summed E-state index contributed by atoms with van der Waals surface area (Å²) in [5, 5.41) is 6.00. The Morgan fingerprint density at radius 1 is 0.900 bits per heavy atom. The van der Waals surface area contributed by atoms with Crippen LogP contribution in [-0.4, -0.2) is 57.9 Å². The van der Waals surface area contributed by atoms with Gasteiger partial charge in [-0.3, -0.25) is 4.90 Å². The van der Waals surface area contributed by atoms with E-state index in [1.165, 1.54) is 18.7 Å². The number of ether oxygens (including phenoxy) is 1. The van der Waals surface area contributed by atoms with Gasteiger partial charge >= 0.3 is 0 Å². The SMILES string of the molecule is COc1ccc(-c2nc(N3CCN(Cc4ccc(Cl)cc4)CC3)nc3nn(Cc4ccccc4)c(N)c23)c(F)c1. The molecule has 3 heterocycles. The molecule has 5 aromatic rings. The largest absolute Gasteiger partial charge is 0.497 e. The van der Waals surface area contributed by atoms with Crippen molar-refractivity contribution in [2.24, 2.45) is 0 Å². The molecular formula is C30H29ClFN7O. The average molecular weight is 558 g/mol. The highest BCUT2D eigenvalue weighted by Gasteiger charge is 2.25. The van der Waals surface area contributed by atoms with Gasteiger partial charge in [0.15, 0.2) is 5.65 Å². The molecule has 0 saturated carbocycles. The van der Waals surface area contributed by atoms with Crippen LogP contribution in [0.4, 0.5) is 16.2 Å². The van der Waals surface area contributed by atoms with E-state index in [-0.39, 0.29) is 0 Å². The molecular weight excluding hydrogens is 529 g/mol. The van der Waals surface area contributed by atoms with Gasteiger partial charge in [0.25, 0.3) is 0 Å². The summed E-state index contributed by atoms with van der Waals surface area (Å²) in [4.78, 5) is 14.2. The van der Waals surface area contributed by atoms with Gasteiger partial charge in [0, 0.05) is 49.4 Å². The van der Waals surface area contributed by atoms with E-state index in [1.54, 1.807) is 16.8 Å². The normalized spacial score (nSPS) is 14.1. The highest BCUT2D eigenvalue weighted by molar-refractivity contribution is 6.30. The number of benzene rings is 3. The van der Waals surface area contributed by atoms with Crippen molar-refractivity contribution in [2.45, 2.75) is 13.1 Å². The number of fused-ring (bicyclic) bond motifs is 1. The number of hydrogen-bond acceptors (Lipinski definition) is 7. The monoisotopic (exact) mass is 557 g/mol. The molecule has 2 aromatic heterocycles. The Balaban J connectivity index is 1.34. The molecule has 40 heavy (non-hydrogen) atoms. The Kier molecular flexibility index (Phi) is 7.23. The van der Waals surface area contributed by atoms with Crippen molar-refractivity contribution in [2.75, 3.05) is 43.9 Å². The summed E-state index contributed by atoms with van der Waals surface area (Å²) in [6.07, 6.45) is 0. The lowest BCUT2D eigenvalue weighted by Crippen LogP contribution is -2.46. The highest BCUT2D eigenvalue weighted by atomic mass is 35.5. The predicted octanol–water partition coefficient (Wildman–Crippen LogP) is 5.25. The van der Waals surface area contributed by atoms with Crippen LogP contribution in [0, 0.1) is 5.82 Å². The van der Waals surface area contributed by atoms with Crippen LogP contribution in [0.1, 0.15) is 11.1 Å². The summed E-state index contributed by atoms with van der Waals surface area (Å²) >= 11 is 6.04. The molecule has 2 N–H and O–H groups in total. The molecule has 3 aromatic carbocycles. The minimum absolute atomic E-state index is 0.321. The molecule has 0 unspecified atom stereocenters. The van der Waals surface area contributed by atoms with Crippen LogP contribution in [-0.2, 0) is 13.1 Å². The fourth-order valence-corrected chi connectivity index (χ4v) is 5.15. The molecule has 6 rings (SSSR count). The number of aromatic nitrogens is 4. The third-order valence-electron chi connectivity index (χ3n) is 7.21. The molecule has 1 fully saturated rings. The van der Waals surface area contributed by atoms with Crippen molar-refractivity contribution >= 4 is 34.4 Å². The summed E-state index contributed by atoms with van der Waals surface area (Å²) < 4.78 is 22.3. The van der Waals surface area contributed by atoms with Crippen molar-refractivity contribution in [1.29, 1.82) is 0 Å². The molecule has 0 amide bonds. The van der Waals surface area contributed by atoms with Crippen LogP contribution in [0.15, 0.2) is 72.8 Å². The van der Waals surface area contributed by atoms with Crippen molar-refractivity contribution < 1.29 is 9.13 Å². The summed E-state index contributed by atoms with van der Waals surface area (Å²) in [7, 11) is 1.51. The van der Waals surface area contributed by atoms with Gasteiger partial charge in [0.1, 0.15) is 17.4 Å². The summed E-state index contributed by atoms with van der Waals surface area (Å²) in [5.41, 5.74) is 10.0. The summed E-state index contributed by atoms with van der Waals surface area (Å²) in [5.74, 6) is 0.876. The molecule has 10 heteroatoms. The number of nitrogens with two attached hydrogens (primary N) is 1. The molecule has 1 aliphatic heterocycles. The molecule has 8 nitrogen and oxygen atoms in total. The zero-order chi connectivity index (χ0) is 27.6. The Bertz CT molecular complexity index is 1630. The predicted molar refractivity (Wildman–Crippen MR) is 156 cm³/mol. The number of hydrogen-bond donors (Lipinski definition) is 1. The zero-order valence-electron chi connectivity index (χ0n) is 22.1. The number of nitrogens with zero attached hydrogens (tertiary/aromatic N) is 6. The molecule has 0 aliphatic carbocycles. The number of piperazine rings is 1. The lowest BCUT2D eigenvalue weighted by atomic mass is 10.1. The first kappa shape index (κ1) is 26.0. The maximum absolute atomic E-state index is 15.4. The second kappa shape index (κ2) is 11.1. The Morgan fingerprint density at radius 3 is 2.33 bits per heavy atom. The molecule has 0 bridgehead atoms. The van der Waals surface area contributed by atoms with Gasteiger partial charge in [-0.1, -0.05) is 54.1 Å². The number of nitrogen functional groups attached to an aromatic ring is 1. The Labute approximate surface area is 236 Å². The lowest BCUT2D eigenvalue weighted by molar-refractivity contribution is 0.249. The topological polar surface area (TPSA) is 85.3 Å². The van der Waals surface area contributed by atoms with E-state index in [4.69, 9.17) is 37.1 Å². The van der Waals surface area contributed by atoms with Gasteiger partial charge in [-0.15, -0.1) is 5.10 Å².